The number of carbonyl (C=O) groups excluding carboxylic acids is 3. The Hall–Kier alpha value is -2.80. The number of nitrogens with one attached hydrogen (secondary N) is 1. The van der Waals surface area contributed by atoms with E-state index in [1.807, 2.05) is 0 Å². The lowest BCUT2D eigenvalue weighted by Crippen LogP contribution is -2.37. The predicted molar refractivity (Wildman–Crippen MR) is 95.7 cm³/mol. The number of likely N-dealkylation sites (N-methyl/N-ethyl adjacent to an activating group) is 1. The molecule has 2 rings (SSSR count). The summed E-state index contributed by atoms with van der Waals surface area (Å²) in [5.41, 5.74) is 0.462. The lowest BCUT2D eigenvalue weighted by molar-refractivity contribution is -0.151. The molecule has 1 aromatic heterocycles. The molecule has 8 heteroatoms. The number of para-hydroxylation sites is 1. The van der Waals surface area contributed by atoms with Gasteiger partial charge in [-0.25, -0.2) is 0 Å². The van der Waals surface area contributed by atoms with Crippen LogP contribution in [0.5, 0.6) is 0 Å². The van der Waals surface area contributed by atoms with Gasteiger partial charge in [-0.05, 0) is 24.3 Å². The van der Waals surface area contributed by atoms with Gasteiger partial charge in [0.05, 0.1) is 29.9 Å². The van der Waals surface area contributed by atoms with Crippen LogP contribution in [0.15, 0.2) is 47.1 Å². The van der Waals surface area contributed by atoms with E-state index in [1.165, 1.54) is 18.2 Å². The third kappa shape index (κ3) is 6.25. The molecule has 26 heavy (non-hydrogen) atoms. The molecule has 0 fully saturated rings. The minimum atomic E-state index is -0.510. The van der Waals surface area contributed by atoms with Crippen LogP contribution in [0.3, 0.4) is 0 Å². The zero-order chi connectivity index (χ0) is 18.9. The van der Waals surface area contributed by atoms with Gasteiger partial charge in [-0.1, -0.05) is 23.7 Å². The minimum absolute atomic E-state index is 0.109. The van der Waals surface area contributed by atoms with E-state index in [-0.39, 0.29) is 13.0 Å². The molecule has 0 aliphatic rings. The van der Waals surface area contributed by atoms with Gasteiger partial charge in [0, 0.05) is 13.5 Å². The third-order valence-corrected chi connectivity index (χ3v) is 3.80. The van der Waals surface area contributed by atoms with Crippen molar-refractivity contribution in [3.8, 4) is 0 Å². The molecule has 2 aromatic rings. The zero-order valence-corrected chi connectivity index (χ0v) is 15.0. The van der Waals surface area contributed by atoms with Gasteiger partial charge in [0.1, 0.15) is 5.76 Å². The van der Waals surface area contributed by atoms with Crippen molar-refractivity contribution in [3.63, 3.8) is 0 Å². The number of rotatable bonds is 8. The van der Waals surface area contributed by atoms with E-state index in [9.17, 15) is 14.4 Å². The summed E-state index contributed by atoms with van der Waals surface area (Å²) in [6, 6.07) is 10.3. The van der Waals surface area contributed by atoms with Crippen LogP contribution in [0.1, 0.15) is 12.2 Å². The Morgan fingerprint density at radius 2 is 1.96 bits per heavy atom. The van der Waals surface area contributed by atoms with E-state index < -0.39 is 24.4 Å². The first-order valence-electron chi connectivity index (χ1n) is 7.92. The maximum absolute atomic E-state index is 12.0. The third-order valence-electron chi connectivity index (χ3n) is 3.47. The number of anilines is 1. The van der Waals surface area contributed by atoms with Gasteiger partial charge >= 0.3 is 5.97 Å². The van der Waals surface area contributed by atoms with Gasteiger partial charge in [-0.3, -0.25) is 14.4 Å². The number of nitrogens with zero attached hydrogens (tertiary/aromatic N) is 1. The van der Waals surface area contributed by atoms with Crippen LogP contribution in [0.2, 0.25) is 5.02 Å². The zero-order valence-electron chi connectivity index (χ0n) is 14.2. The number of aryl methyl sites for hydroxylation is 1. The summed E-state index contributed by atoms with van der Waals surface area (Å²) in [7, 11) is 1.45. The van der Waals surface area contributed by atoms with Crippen molar-refractivity contribution >= 4 is 35.1 Å². The second-order valence-corrected chi connectivity index (χ2v) is 5.93. The average Bonchev–Trinajstić information content (AvgIpc) is 3.13. The Morgan fingerprint density at radius 1 is 1.19 bits per heavy atom. The molecule has 0 unspecified atom stereocenters. The molecule has 0 atom stereocenters. The monoisotopic (exact) mass is 378 g/mol. The van der Waals surface area contributed by atoms with Crippen molar-refractivity contribution in [2.75, 3.05) is 25.5 Å². The summed E-state index contributed by atoms with van der Waals surface area (Å²) in [5, 5.41) is 3.02. The van der Waals surface area contributed by atoms with Crippen molar-refractivity contribution in [1.29, 1.82) is 0 Å². The number of benzene rings is 1. The lowest BCUT2D eigenvalue weighted by Gasteiger charge is -2.17. The normalized spacial score (nSPS) is 10.2. The SMILES string of the molecule is CN(CC(=O)Nc1ccccc1Cl)C(=O)COC(=O)CCc1ccco1. The van der Waals surface area contributed by atoms with E-state index in [1.54, 1.807) is 36.4 Å². The van der Waals surface area contributed by atoms with Gasteiger partial charge in [0.25, 0.3) is 5.91 Å². The highest BCUT2D eigenvalue weighted by Crippen LogP contribution is 2.20. The second-order valence-electron chi connectivity index (χ2n) is 5.52. The fourth-order valence-electron chi connectivity index (χ4n) is 2.06. The number of halogens is 1. The quantitative estimate of drug-likeness (QED) is 0.713. The second kappa shape index (κ2) is 9.62. The van der Waals surface area contributed by atoms with Crippen LogP contribution < -0.4 is 5.32 Å². The summed E-state index contributed by atoms with van der Waals surface area (Å²) in [5.74, 6) is -0.728. The number of hydrogen-bond donors (Lipinski definition) is 1. The van der Waals surface area contributed by atoms with Gasteiger partial charge in [-0.15, -0.1) is 0 Å². The smallest absolute Gasteiger partial charge is 0.306 e. The van der Waals surface area contributed by atoms with Crippen LogP contribution in [0.4, 0.5) is 5.69 Å². The summed E-state index contributed by atoms with van der Waals surface area (Å²) in [6.07, 6.45) is 2.03. The topological polar surface area (TPSA) is 88.9 Å². The molecule has 1 heterocycles. The number of ether oxygens (including phenoxy) is 1. The molecule has 138 valence electrons. The molecule has 0 saturated carbocycles. The Labute approximate surface area is 155 Å². The Balaban J connectivity index is 1.70. The van der Waals surface area contributed by atoms with Gasteiger partial charge in [-0.2, -0.15) is 0 Å². The molecule has 2 amide bonds. The molecular weight excluding hydrogens is 360 g/mol. The minimum Gasteiger partial charge on any atom is -0.469 e. The predicted octanol–water partition coefficient (Wildman–Crippen LogP) is 2.51. The number of carbonyl (C=O) groups is 3. The molecule has 0 bridgehead atoms. The Morgan fingerprint density at radius 3 is 2.65 bits per heavy atom. The first-order chi connectivity index (χ1) is 12.5. The number of amides is 2. The van der Waals surface area contributed by atoms with E-state index in [4.69, 9.17) is 20.8 Å². The molecule has 1 aromatic carbocycles. The molecule has 0 aliphatic heterocycles. The molecule has 7 nitrogen and oxygen atoms in total. The number of esters is 1. The highest BCUT2D eigenvalue weighted by atomic mass is 35.5. The van der Waals surface area contributed by atoms with Crippen LogP contribution in [-0.2, 0) is 25.5 Å². The Bertz CT molecular complexity index is 761. The fourth-order valence-corrected chi connectivity index (χ4v) is 2.24. The van der Waals surface area contributed by atoms with E-state index >= 15 is 0 Å². The maximum atomic E-state index is 12.0. The van der Waals surface area contributed by atoms with E-state index in [2.05, 4.69) is 5.32 Å². The molecule has 1 N–H and O–H groups in total. The molecule has 0 spiro atoms. The molecular formula is C18H19ClN2O5. The first-order valence-corrected chi connectivity index (χ1v) is 8.30. The van der Waals surface area contributed by atoms with Crippen molar-refractivity contribution in [2.24, 2.45) is 0 Å². The summed E-state index contributed by atoms with van der Waals surface area (Å²) < 4.78 is 10.0. The van der Waals surface area contributed by atoms with Crippen molar-refractivity contribution in [1.82, 2.24) is 4.90 Å². The standard InChI is InChI=1S/C18H19ClN2O5/c1-21(11-16(22)20-15-7-3-2-6-14(15)19)17(23)12-26-18(24)9-8-13-5-4-10-25-13/h2-7,10H,8-9,11-12H2,1H3,(H,20,22). The van der Waals surface area contributed by atoms with Crippen LogP contribution in [0.25, 0.3) is 0 Å². The number of furan rings is 1. The molecule has 0 aliphatic carbocycles. The highest BCUT2D eigenvalue weighted by molar-refractivity contribution is 6.33. The van der Waals surface area contributed by atoms with Crippen LogP contribution >= 0.6 is 11.6 Å². The number of hydrogen-bond acceptors (Lipinski definition) is 5. The maximum Gasteiger partial charge on any atom is 0.306 e. The summed E-state index contributed by atoms with van der Waals surface area (Å²) in [4.78, 5) is 36.7. The van der Waals surface area contributed by atoms with Crippen molar-refractivity contribution in [3.05, 3.63) is 53.4 Å². The fraction of sp³-hybridized carbons (Fsp3) is 0.278. The van der Waals surface area contributed by atoms with Gasteiger partial charge < -0.3 is 19.4 Å². The van der Waals surface area contributed by atoms with E-state index in [0.29, 0.717) is 22.9 Å². The molecule has 0 saturated heterocycles. The van der Waals surface area contributed by atoms with Crippen LogP contribution in [-0.4, -0.2) is 42.9 Å². The lowest BCUT2D eigenvalue weighted by atomic mass is 10.2. The average molecular weight is 379 g/mol. The Kier molecular flexibility index (Phi) is 7.23. The van der Waals surface area contributed by atoms with E-state index in [0.717, 1.165) is 0 Å². The molecule has 0 radical (unpaired) electrons. The first kappa shape index (κ1) is 19.5. The summed E-state index contributed by atoms with van der Waals surface area (Å²) >= 11 is 5.96. The largest absolute Gasteiger partial charge is 0.469 e. The van der Waals surface area contributed by atoms with Gasteiger partial charge in [0.2, 0.25) is 5.91 Å². The van der Waals surface area contributed by atoms with Gasteiger partial charge in [0.15, 0.2) is 6.61 Å². The van der Waals surface area contributed by atoms with Crippen LogP contribution in [0, 0.1) is 0 Å². The summed E-state index contributed by atoms with van der Waals surface area (Å²) in [6.45, 7) is -0.610. The van der Waals surface area contributed by atoms with Crippen molar-refractivity contribution in [2.45, 2.75) is 12.8 Å². The van der Waals surface area contributed by atoms with Crippen molar-refractivity contribution < 1.29 is 23.5 Å². The highest BCUT2D eigenvalue weighted by Gasteiger charge is 2.16.